The van der Waals surface area contributed by atoms with Crippen molar-refractivity contribution < 1.29 is 24.0 Å². The molecule has 8 nitrogen and oxygen atoms in total. The quantitative estimate of drug-likeness (QED) is 0.473. The van der Waals surface area contributed by atoms with Crippen LogP contribution in [0.15, 0.2) is 30.3 Å². The average Bonchev–Trinajstić information content (AvgIpc) is 2.62. The van der Waals surface area contributed by atoms with Crippen LogP contribution in [0.3, 0.4) is 0 Å². The number of rotatable bonds is 6. The summed E-state index contributed by atoms with van der Waals surface area (Å²) in [6.45, 7) is 5.20. The highest BCUT2D eigenvalue weighted by Gasteiger charge is 2.19. The molecule has 0 saturated heterocycles. The topological polar surface area (TPSA) is 108 Å². The van der Waals surface area contributed by atoms with Gasteiger partial charge in [-0.3, -0.25) is 14.9 Å². The highest BCUT2D eigenvalue weighted by Crippen LogP contribution is 2.27. The van der Waals surface area contributed by atoms with Gasteiger partial charge in [0.25, 0.3) is 5.91 Å². The van der Waals surface area contributed by atoms with E-state index in [1.807, 2.05) is 32.9 Å². The van der Waals surface area contributed by atoms with E-state index in [1.54, 1.807) is 0 Å². The molecule has 1 amide bonds. The average molecular weight is 372 g/mol. The van der Waals surface area contributed by atoms with Crippen LogP contribution in [-0.2, 0) is 9.53 Å². The molecular weight excluding hydrogens is 352 g/mol. The number of nitro groups is 1. The van der Waals surface area contributed by atoms with Gasteiger partial charge in [0.05, 0.1) is 17.6 Å². The minimum atomic E-state index is -0.840. The Balaban J connectivity index is 2.04. The van der Waals surface area contributed by atoms with Crippen molar-refractivity contribution in [1.29, 1.82) is 0 Å². The minimum Gasteiger partial charge on any atom is -0.490 e. The summed E-state index contributed by atoms with van der Waals surface area (Å²) in [6.07, 6.45) is 0. The van der Waals surface area contributed by atoms with Crippen LogP contribution in [0.4, 0.5) is 11.4 Å². The fourth-order valence-electron chi connectivity index (χ4n) is 2.73. The molecule has 0 radical (unpaired) electrons. The lowest BCUT2D eigenvalue weighted by Gasteiger charge is -2.13. The first-order valence-electron chi connectivity index (χ1n) is 8.10. The maximum Gasteiger partial charge on any atom is 0.338 e. The molecule has 142 valence electrons. The smallest absolute Gasteiger partial charge is 0.338 e. The second kappa shape index (κ2) is 8.31. The number of hydrogen-bond donors (Lipinski definition) is 1. The largest absolute Gasteiger partial charge is 0.490 e. The van der Waals surface area contributed by atoms with Gasteiger partial charge in [-0.05, 0) is 44.0 Å². The zero-order valence-corrected chi connectivity index (χ0v) is 15.5. The molecule has 0 saturated carbocycles. The SMILES string of the molecule is COc1ccc(C(=O)OCC(=O)Nc2c(C)cc(C)cc2C)cc1[N+](=O)[O-]. The Labute approximate surface area is 156 Å². The predicted molar refractivity (Wildman–Crippen MR) is 99.2 cm³/mol. The molecule has 0 aromatic heterocycles. The number of methoxy groups -OCH3 is 1. The fourth-order valence-corrected chi connectivity index (χ4v) is 2.73. The Morgan fingerprint density at radius 1 is 1.11 bits per heavy atom. The number of carbonyl (C=O) groups is 2. The van der Waals surface area contributed by atoms with E-state index < -0.39 is 23.4 Å². The van der Waals surface area contributed by atoms with E-state index in [1.165, 1.54) is 19.2 Å². The number of aryl methyl sites for hydroxylation is 3. The van der Waals surface area contributed by atoms with Gasteiger partial charge in [-0.15, -0.1) is 0 Å². The molecule has 8 heteroatoms. The van der Waals surface area contributed by atoms with Crippen LogP contribution in [0, 0.1) is 30.9 Å². The molecule has 0 bridgehead atoms. The van der Waals surface area contributed by atoms with Gasteiger partial charge in [-0.2, -0.15) is 0 Å². The Bertz CT molecular complexity index is 884. The summed E-state index contributed by atoms with van der Waals surface area (Å²) >= 11 is 0. The summed E-state index contributed by atoms with van der Waals surface area (Å²) in [7, 11) is 1.29. The van der Waals surface area contributed by atoms with Crippen molar-refractivity contribution in [3.63, 3.8) is 0 Å². The highest BCUT2D eigenvalue weighted by atomic mass is 16.6. The van der Waals surface area contributed by atoms with Crippen molar-refractivity contribution in [3.05, 3.63) is 62.7 Å². The third-order valence-electron chi connectivity index (χ3n) is 3.89. The van der Waals surface area contributed by atoms with Gasteiger partial charge in [-0.25, -0.2) is 4.79 Å². The lowest BCUT2D eigenvalue weighted by Crippen LogP contribution is -2.22. The molecule has 0 aliphatic heterocycles. The number of hydrogen-bond acceptors (Lipinski definition) is 6. The first-order valence-corrected chi connectivity index (χ1v) is 8.10. The van der Waals surface area contributed by atoms with Gasteiger partial charge in [-0.1, -0.05) is 17.7 Å². The van der Waals surface area contributed by atoms with Crippen molar-refractivity contribution in [3.8, 4) is 5.75 Å². The maximum atomic E-state index is 12.1. The van der Waals surface area contributed by atoms with E-state index in [9.17, 15) is 19.7 Å². The number of ether oxygens (including phenoxy) is 2. The Morgan fingerprint density at radius 3 is 2.30 bits per heavy atom. The normalized spacial score (nSPS) is 10.2. The van der Waals surface area contributed by atoms with Crippen LogP contribution in [0.1, 0.15) is 27.0 Å². The summed E-state index contributed by atoms with van der Waals surface area (Å²) < 4.78 is 9.84. The van der Waals surface area contributed by atoms with E-state index >= 15 is 0 Å². The molecule has 1 N–H and O–H groups in total. The van der Waals surface area contributed by atoms with Crippen LogP contribution in [0.2, 0.25) is 0 Å². The monoisotopic (exact) mass is 372 g/mol. The molecule has 0 heterocycles. The molecule has 2 aromatic carbocycles. The second-order valence-corrected chi connectivity index (χ2v) is 6.04. The van der Waals surface area contributed by atoms with Gasteiger partial charge >= 0.3 is 11.7 Å². The third kappa shape index (κ3) is 4.81. The summed E-state index contributed by atoms with van der Waals surface area (Å²) in [5, 5.41) is 13.7. The molecule has 0 spiro atoms. The standard InChI is InChI=1S/C19H20N2O6/c1-11-7-12(2)18(13(3)8-11)20-17(22)10-27-19(23)14-5-6-16(26-4)15(9-14)21(24)25/h5-9H,10H2,1-4H3,(H,20,22). The first kappa shape index (κ1) is 19.9. The van der Waals surface area contributed by atoms with E-state index in [4.69, 9.17) is 9.47 Å². The van der Waals surface area contributed by atoms with E-state index in [0.717, 1.165) is 22.8 Å². The number of carbonyl (C=O) groups excluding carboxylic acids is 2. The van der Waals surface area contributed by atoms with Crippen molar-refractivity contribution in [2.75, 3.05) is 19.0 Å². The Kier molecular flexibility index (Phi) is 6.12. The molecular formula is C19H20N2O6. The second-order valence-electron chi connectivity index (χ2n) is 6.04. The molecule has 2 rings (SSSR count). The molecule has 0 atom stereocenters. The van der Waals surface area contributed by atoms with Crippen molar-refractivity contribution in [1.82, 2.24) is 0 Å². The number of nitrogens with one attached hydrogen (secondary N) is 1. The number of benzene rings is 2. The summed E-state index contributed by atoms with van der Waals surface area (Å²) in [5.41, 5.74) is 3.15. The maximum absolute atomic E-state index is 12.1. The van der Waals surface area contributed by atoms with Gasteiger partial charge in [0.15, 0.2) is 12.4 Å². The lowest BCUT2D eigenvalue weighted by molar-refractivity contribution is -0.385. The summed E-state index contributed by atoms with van der Waals surface area (Å²) in [4.78, 5) is 34.5. The molecule has 0 aliphatic rings. The van der Waals surface area contributed by atoms with Crippen LogP contribution in [0.25, 0.3) is 0 Å². The van der Waals surface area contributed by atoms with E-state index in [0.29, 0.717) is 5.69 Å². The van der Waals surface area contributed by atoms with Crippen LogP contribution in [-0.4, -0.2) is 30.5 Å². The summed E-state index contributed by atoms with van der Waals surface area (Å²) in [5.74, 6) is -1.31. The summed E-state index contributed by atoms with van der Waals surface area (Å²) in [6, 6.07) is 7.55. The first-order chi connectivity index (χ1) is 12.7. The third-order valence-corrected chi connectivity index (χ3v) is 3.89. The van der Waals surface area contributed by atoms with E-state index in [-0.39, 0.29) is 17.0 Å². The van der Waals surface area contributed by atoms with Crippen molar-refractivity contribution in [2.24, 2.45) is 0 Å². The highest BCUT2D eigenvalue weighted by molar-refractivity contribution is 5.96. The zero-order valence-electron chi connectivity index (χ0n) is 15.5. The number of nitrogens with zero attached hydrogens (tertiary/aromatic N) is 1. The molecule has 27 heavy (non-hydrogen) atoms. The fraction of sp³-hybridized carbons (Fsp3) is 0.263. The van der Waals surface area contributed by atoms with Gasteiger partial charge < -0.3 is 14.8 Å². The van der Waals surface area contributed by atoms with Crippen LogP contribution >= 0.6 is 0 Å². The number of esters is 1. The van der Waals surface area contributed by atoms with Crippen LogP contribution in [0.5, 0.6) is 5.75 Å². The molecule has 0 aliphatic carbocycles. The van der Waals surface area contributed by atoms with Crippen molar-refractivity contribution in [2.45, 2.75) is 20.8 Å². The number of amides is 1. The van der Waals surface area contributed by atoms with Crippen LogP contribution < -0.4 is 10.1 Å². The number of nitro benzene ring substituents is 1. The molecule has 0 unspecified atom stereocenters. The van der Waals surface area contributed by atoms with Gasteiger partial charge in [0.1, 0.15) is 0 Å². The zero-order chi connectivity index (χ0) is 20.1. The Hall–Kier alpha value is -3.42. The molecule has 0 fully saturated rings. The molecule has 2 aromatic rings. The minimum absolute atomic E-state index is 0.0274. The number of anilines is 1. The predicted octanol–water partition coefficient (Wildman–Crippen LogP) is 3.32. The van der Waals surface area contributed by atoms with Gasteiger partial charge in [0.2, 0.25) is 0 Å². The van der Waals surface area contributed by atoms with Gasteiger partial charge in [0, 0.05) is 11.8 Å². The Morgan fingerprint density at radius 2 is 1.74 bits per heavy atom. The van der Waals surface area contributed by atoms with Crippen molar-refractivity contribution >= 4 is 23.3 Å². The van der Waals surface area contributed by atoms with E-state index in [2.05, 4.69) is 5.32 Å². The lowest BCUT2D eigenvalue weighted by atomic mass is 10.1.